The highest BCUT2D eigenvalue weighted by atomic mass is 16.5. The molecule has 1 rings (SSSR count). The first-order valence-corrected chi connectivity index (χ1v) is 6.66. The van der Waals surface area contributed by atoms with Gasteiger partial charge in [-0.3, -0.25) is 0 Å². The number of rotatable bonds is 1. The molecule has 0 saturated carbocycles. The molecular formula is C14H24NO5-. The van der Waals surface area contributed by atoms with Gasteiger partial charge >= 0.3 is 0 Å². The van der Waals surface area contributed by atoms with Gasteiger partial charge < -0.3 is 24.5 Å². The summed E-state index contributed by atoms with van der Waals surface area (Å²) >= 11 is 0. The SMILES string of the molecule is CC(C)(C)[C@H]1OC[C@@](C)(C(=O)[O-])[N+]1(C(=O)[O-])C(C)(C)C. The zero-order valence-corrected chi connectivity index (χ0v) is 13.3. The quantitative estimate of drug-likeness (QED) is 0.626. The van der Waals surface area contributed by atoms with Crippen molar-refractivity contribution in [1.82, 2.24) is 0 Å². The van der Waals surface area contributed by atoms with Gasteiger partial charge in [-0.1, -0.05) is 20.8 Å². The number of hydrogen-bond donors (Lipinski definition) is 0. The number of quaternary nitrogens is 1. The van der Waals surface area contributed by atoms with Crippen LogP contribution in [0, 0.1) is 5.41 Å². The molecule has 20 heavy (non-hydrogen) atoms. The summed E-state index contributed by atoms with van der Waals surface area (Å²) in [6.45, 7) is 11.6. The Labute approximate surface area is 119 Å². The Morgan fingerprint density at radius 2 is 1.60 bits per heavy atom. The van der Waals surface area contributed by atoms with Crippen molar-refractivity contribution in [2.24, 2.45) is 5.41 Å². The molecule has 1 saturated heterocycles. The molecule has 1 aliphatic heterocycles. The molecule has 0 spiro atoms. The smallest absolute Gasteiger partial charge is 0.260 e. The number of carbonyl (C=O) groups excluding carboxylic acids is 2. The fourth-order valence-corrected chi connectivity index (χ4v) is 3.41. The minimum Gasteiger partial charge on any atom is -0.544 e. The molecule has 1 aliphatic rings. The Bertz CT molecular complexity index is 434. The number of ether oxygens (including phenoxy) is 1. The van der Waals surface area contributed by atoms with Crippen LogP contribution in [0.1, 0.15) is 48.5 Å². The normalized spacial score (nSPS) is 35.0. The molecule has 6 nitrogen and oxygen atoms in total. The van der Waals surface area contributed by atoms with Crippen LogP contribution in [0.4, 0.5) is 4.79 Å². The molecule has 0 radical (unpaired) electrons. The van der Waals surface area contributed by atoms with E-state index < -0.39 is 39.3 Å². The van der Waals surface area contributed by atoms with Crippen LogP contribution in [-0.4, -0.2) is 40.5 Å². The van der Waals surface area contributed by atoms with Crippen LogP contribution in [0.3, 0.4) is 0 Å². The molecule has 0 aromatic rings. The number of carboxylic acid groups (broad SMARTS) is 2. The molecule has 0 aromatic heterocycles. The third-order valence-corrected chi connectivity index (χ3v) is 4.18. The van der Waals surface area contributed by atoms with E-state index in [4.69, 9.17) is 4.74 Å². The topological polar surface area (TPSA) is 89.5 Å². The number of aliphatic carboxylic acids is 1. The summed E-state index contributed by atoms with van der Waals surface area (Å²) < 4.78 is 4.82. The Morgan fingerprint density at radius 3 is 1.85 bits per heavy atom. The van der Waals surface area contributed by atoms with Crippen molar-refractivity contribution >= 4 is 12.1 Å². The highest BCUT2D eigenvalue weighted by Gasteiger charge is 2.69. The third kappa shape index (κ3) is 1.93. The van der Waals surface area contributed by atoms with Crippen molar-refractivity contribution in [3.63, 3.8) is 0 Å². The Kier molecular flexibility index (Phi) is 3.74. The molecule has 116 valence electrons. The van der Waals surface area contributed by atoms with Crippen LogP contribution in [0.5, 0.6) is 0 Å². The molecule has 1 amide bonds. The molecular weight excluding hydrogens is 262 g/mol. The van der Waals surface area contributed by atoms with Crippen molar-refractivity contribution in [1.29, 1.82) is 0 Å². The van der Waals surface area contributed by atoms with Crippen LogP contribution in [-0.2, 0) is 9.53 Å². The first-order valence-electron chi connectivity index (χ1n) is 6.66. The Balaban J connectivity index is 3.72. The second kappa shape index (κ2) is 4.43. The van der Waals surface area contributed by atoms with Gasteiger partial charge in [-0.25, -0.2) is 4.48 Å². The first kappa shape index (κ1) is 16.9. The van der Waals surface area contributed by atoms with Crippen LogP contribution < -0.4 is 10.2 Å². The van der Waals surface area contributed by atoms with Crippen LogP contribution in [0.2, 0.25) is 0 Å². The van der Waals surface area contributed by atoms with E-state index in [1.54, 1.807) is 20.8 Å². The molecule has 1 unspecified atom stereocenters. The van der Waals surface area contributed by atoms with Crippen molar-refractivity contribution in [2.45, 2.75) is 65.8 Å². The average Bonchev–Trinajstić information content (AvgIpc) is 2.52. The van der Waals surface area contributed by atoms with Gasteiger partial charge in [-0.05, 0) is 27.7 Å². The molecule has 1 fully saturated rings. The van der Waals surface area contributed by atoms with E-state index in [1.165, 1.54) is 6.92 Å². The average molecular weight is 286 g/mol. The summed E-state index contributed by atoms with van der Waals surface area (Å²) in [5, 5.41) is 23.7. The summed E-state index contributed by atoms with van der Waals surface area (Å²) in [6, 6.07) is 0. The minimum atomic E-state index is -1.70. The van der Waals surface area contributed by atoms with E-state index in [1.807, 2.05) is 20.8 Å². The number of carbonyl (C=O) groups is 2. The van der Waals surface area contributed by atoms with Gasteiger partial charge in [0.15, 0.2) is 5.54 Å². The van der Waals surface area contributed by atoms with Gasteiger partial charge in [-0.15, -0.1) is 0 Å². The van der Waals surface area contributed by atoms with Gasteiger partial charge in [0.25, 0.3) is 6.09 Å². The van der Waals surface area contributed by atoms with E-state index in [-0.39, 0.29) is 6.61 Å². The van der Waals surface area contributed by atoms with Crippen molar-refractivity contribution < 1.29 is 29.0 Å². The lowest BCUT2D eigenvalue weighted by molar-refractivity contribution is -0.979. The van der Waals surface area contributed by atoms with Gasteiger partial charge in [-0.2, -0.15) is 0 Å². The van der Waals surface area contributed by atoms with E-state index in [2.05, 4.69) is 0 Å². The maximum absolute atomic E-state index is 12.0. The van der Waals surface area contributed by atoms with Crippen LogP contribution in [0.25, 0.3) is 0 Å². The second-order valence-corrected chi connectivity index (χ2v) is 7.75. The summed E-state index contributed by atoms with van der Waals surface area (Å²) in [4.78, 5) is 23.7. The molecule has 3 atom stereocenters. The molecule has 1 heterocycles. The number of nitrogens with zero attached hydrogens (tertiary/aromatic N) is 1. The van der Waals surface area contributed by atoms with Crippen LogP contribution in [0.15, 0.2) is 0 Å². The molecule has 0 N–H and O–H groups in total. The first-order chi connectivity index (χ1) is 8.73. The minimum absolute atomic E-state index is 0.220. The highest BCUT2D eigenvalue weighted by molar-refractivity contribution is 5.78. The van der Waals surface area contributed by atoms with Crippen molar-refractivity contribution in [2.75, 3.05) is 6.61 Å². The number of hydrogen-bond acceptors (Lipinski definition) is 5. The van der Waals surface area contributed by atoms with E-state index in [9.17, 15) is 19.8 Å². The molecule has 0 aliphatic carbocycles. The predicted octanol–water partition coefficient (Wildman–Crippen LogP) is -0.144. The predicted molar refractivity (Wildman–Crippen MR) is 68.0 cm³/mol. The maximum Gasteiger partial charge on any atom is 0.260 e. The molecule has 0 bridgehead atoms. The summed E-state index contributed by atoms with van der Waals surface area (Å²) in [5.41, 5.74) is -3.20. The van der Waals surface area contributed by atoms with Crippen LogP contribution >= 0.6 is 0 Å². The van der Waals surface area contributed by atoms with Gasteiger partial charge in [0.2, 0.25) is 6.23 Å². The monoisotopic (exact) mass is 286 g/mol. The maximum atomic E-state index is 12.0. The largest absolute Gasteiger partial charge is 0.544 e. The van der Waals surface area contributed by atoms with E-state index in [0.717, 1.165) is 0 Å². The summed E-state index contributed by atoms with van der Waals surface area (Å²) in [5.74, 6) is -1.44. The Hall–Kier alpha value is -1.14. The second-order valence-electron chi connectivity index (χ2n) is 7.75. The van der Waals surface area contributed by atoms with Gasteiger partial charge in [0, 0.05) is 5.41 Å². The fourth-order valence-electron chi connectivity index (χ4n) is 3.41. The molecule has 0 aromatic carbocycles. The highest BCUT2D eigenvalue weighted by Crippen LogP contribution is 2.49. The van der Waals surface area contributed by atoms with E-state index in [0.29, 0.717) is 0 Å². The number of amides is 1. The number of carboxylic acids is 1. The van der Waals surface area contributed by atoms with E-state index >= 15 is 0 Å². The zero-order valence-electron chi connectivity index (χ0n) is 13.3. The standard InChI is InChI=1S/C14H25NO5/c1-12(2,3)9-15(11(18)19,13(4,5)6)14(7,8-20-9)10(16)17/h9H,8H2,1-7H3,(H-,16,17,18,19)/p-1/t9-,14+,15?/m1/s1. The van der Waals surface area contributed by atoms with Crippen molar-refractivity contribution in [3.8, 4) is 0 Å². The van der Waals surface area contributed by atoms with Gasteiger partial charge in [0.1, 0.15) is 12.6 Å². The lowest BCUT2D eigenvalue weighted by Crippen LogP contribution is -2.82. The zero-order chi connectivity index (χ0) is 16.1. The third-order valence-electron chi connectivity index (χ3n) is 4.18. The van der Waals surface area contributed by atoms with Crippen molar-refractivity contribution in [3.05, 3.63) is 0 Å². The fraction of sp³-hybridized carbons (Fsp3) is 0.857. The lowest BCUT2D eigenvalue weighted by atomic mass is 9.83. The lowest BCUT2D eigenvalue weighted by Gasteiger charge is -2.57. The summed E-state index contributed by atoms with van der Waals surface area (Å²) in [7, 11) is 0. The molecule has 6 heteroatoms. The summed E-state index contributed by atoms with van der Waals surface area (Å²) in [6.07, 6.45) is -2.29. The van der Waals surface area contributed by atoms with Gasteiger partial charge in [0.05, 0.1) is 5.54 Å². The Morgan fingerprint density at radius 1 is 1.15 bits per heavy atom.